The third-order valence-electron chi connectivity index (χ3n) is 1.59. The molecule has 0 unspecified atom stereocenters. The molecule has 2 aromatic rings. The Balaban J connectivity index is 2.86. The van der Waals surface area contributed by atoms with Crippen LogP contribution in [0.5, 0.6) is 0 Å². The van der Waals surface area contributed by atoms with E-state index >= 15 is 0 Å². The van der Waals surface area contributed by atoms with Crippen LogP contribution in [0, 0.1) is 0 Å². The van der Waals surface area contributed by atoms with Gasteiger partial charge < -0.3 is 4.98 Å². The molecule has 1 heterocycles. The topological polar surface area (TPSA) is 15.8 Å². The van der Waals surface area contributed by atoms with Crippen molar-refractivity contribution in [1.29, 1.82) is 0 Å². The van der Waals surface area contributed by atoms with Crippen LogP contribution >= 0.6 is 31.9 Å². The van der Waals surface area contributed by atoms with Gasteiger partial charge in [0.25, 0.3) is 0 Å². The Morgan fingerprint density at radius 1 is 1.18 bits per heavy atom. The van der Waals surface area contributed by atoms with E-state index in [4.69, 9.17) is 0 Å². The molecule has 0 amide bonds. The Morgan fingerprint density at radius 3 is 2.82 bits per heavy atom. The first kappa shape index (κ1) is 7.37. The molecular formula is C8H5Br2N. The van der Waals surface area contributed by atoms with Gasteiger partial charge in [0, 0.05) is 26.0 Å². The number of nitrogens with one attached hydrogen (secondary N) is 1. The van der Waals surface area contributed by atoms with Gasteiger partial charge >= 0.3 is 0 Å². The second kappa shape index (κ2) is 2.64. The monoisotopic (exact) mass is 273 g/mol. The Morgan fingerprint density at radius 2 is 2.00 bits per heavy atom. The van der Waals surface area contributed by atoms with Gasteiger partial charge in [-0.25, -0.2) is 0 Å². The zero-order valence-corrected chi connectivity index (χ0v) is 8.74. The maximum Gasteiger partial charge on any atom is 0.0477 e. The van der Waals surface area contributed by atoms with Crippen molar-refractivity contribution in [2.75, 3.05) is 0 Å². The standard InChI is InChI=1S/C8H5Br2N/c9-5-1-2-6-7(10)4-11-8(6)3-5/h1-4,11H. The number of benzene rings is 1. The summed E-state index contributed by atoms with van der Waals surface area (Å²) in [6.07, 6.45) is 1.94. The Kier molecular flexibility index (Phi) is 1.77. The average Bonchev–Trinajstić information content (AvgIpc) is 2.32. The molecule has 56 valence electrons. The van der Waals surface area contributed by atoms with Crippen molar-refractivity contribution >= 4 is 42.8 Å². The molecule has 0 saturated carbocycles. The molecule has 0 aliphatic carbocycles. The van der Waals surface area contributed by atoms with Crippen molar-refractivity contribution in [3.8, 4) is 0 Å². The molecule has 0 fully saturated rings. The van der Waals surface area contributed by atoms with E-state index in [2.05, 4.69) is 49.0 Å². The Hall–Kier alpha value is -0.280. The van der Waals surface area contributed by atoms with Crippen LogP contribution < -0.4 is 0 Å². The van der Waals surface area contributed by atoms with Crippen LogP contribution in [0.2, 0.25) is 0 Å². The SMILES string of the molecule is Brc1ccc2c(Br)c[nH]c2c1. The minimum absolute atomic E-state index is 1.10. The molecule has 1 aromatic carbocycles. The highest BCUT2D eigenvalue weighted by molar-refractivity contribution is 9.11. The molecular weight excluding hydrogens is 270 g/mol. The summed E-state index contributed by atoms with van der Waals surface area (Å²) < 4.78 is 2.21. The lowest BCUT2D eigenvalue weighted by atomic mass is 10.3. The highest BCUT2D eigenvalue weighted by Gasteiger charge is 1.99. The lowest BCUT2D eigenvalue weighted by molar-refractivity contribution is 1.46. The Bertz CT molecular complexity index is 392. The summed E-state index contributed by atoms with van der Waals surface area (Å²) in [6.45, 7) is 0. The van der Waals surface area contributed by atoms with Gasteiger partial charge in [-0.3, -0.25) is 0 Å². The van der Waals surface area contributed by atoms with Gasteiger partial charge in [0.1, 0.15) is 0 Å². The number of rotatable bonds is 0. The fourth-order valence-corrected chi connectivity index (χ4v) is 1.88. The van der Waals surface area contributed by atoms with E-state index < -0.39 is 0 Å². The van der Waals surface area contributed by atoms with E-state index in [1.807, 2.05) is 12.3 Å². The normalized spacial score (nSPS) is 10.7. The smallest absolute Gasteiger partial charge is 0.0477 e. The van der Waals surface area contributed by atoms with Gasteiger partial charge in [-0.2, -0.15) is 0 Å². The predicted molar refractivity (Wildman–Crippen MR) is 53.7 cm³/mol. The van der Waals surface area contributed by atoms with Crippen molar-refractivity contribution < 1.29 is 0 Å². The molecule has 11 heavy (non-hydrogen) atoms. The number of aromatic amines is 1. The zero-order valence-electron chi connectivity index (χ0n) is 5.57. The van der Waals surface area contributed by atoms with Crippen LogP contribution in [0.1, 0.15) is 0 Å². The third-order valence-corrected chi connectivity index (χ3v) is 2.74. The summed E-state index contributed by atoms with van der Waals surface area (Å²) in [4.78, 5) is 3.15. The zero-order chi connectivity index (χ0) is 7.84. The summed E-state index contributed by atoms with van der Waals surface area (Å²) in [5.74, 6) is 0. The molecule has 1 nitrogen and oxygen atoms in total. The first-order valence-corrected chi connectivity index (χ1v) is 4.78. The molecule has 0 atom stereocenters. The van der Waals surface area contributed by atoms with Gasteiger partial charge in [0.2, 0.25) is 0 Å². The fourth-order valence-electron chi connectivity index (χ4n) is 1.06. The van der Waals surface area contributed by atoms with Crippen LogP contribution in [0.25, 0.3) is 10.9 Å². The van der Waals surface area contributed by atoms with Crippen molar-refractivity contribution in [2.24, 2.45) is 0 Å². The number of fused-ring (bicyclic) bond motifs is 1. The minimum atomic E-state index is 1.10. The number of hydrogen-bond donors (Lipinski definition) is 1. The van der Waals surface area contributed by atoms with E-state index in [9.17, 15) is 0 Å². The van der Waals surface area contributed by atoms with Crippen molar-refractivity contribution in [3.05, 3.63) is 33.3 Å². The summed E-state index contributed by atoms with van der Waals surface area (Å²) in [7, 11) is 0. The van der Waals surface area contributed by atoms with Gasteiger partial charge in [-0.1, -0.05) is 22.0 Å². The van der Waals surface area contributed by atoms with Crippen LogP contribution in [0.4, 0.5) is 0 Å². The summed E-state index contributed by atoms with van der Waals surface area (Å²) in [6, 6.07) is 6.15. The number of aromatic nitrogens is 1. The fraction of sp³-hybridized carbons (Fsp3) is 0. The maximum absolute atomic E-state index is 3.44. The van der Waals surface area contributed by atoms with E-state index in [-0.39, 0.29) is 0 Å². The van der Waals surface area contributed by atoms with Gasteiger partial charge in [-0.05, 0) is 28.1 Å². The van der Waals surface area contributed by atoms with Crippen molar-refractivity contribution in [3.63, 3.8) is 0 Å². The Labute approximate surface area is 81.1 Å². The van der Waals surface area contributed by atoms with Crippen molar-refractivity contribution in [1.82, 2.24) is 4.98 Å². The molecule has 0 bridgehead atoms. The molecule has 2 rings (SSSR count). The predicted octanol–water partition coefficient (Wildman–Crippen LogP) is 3.69. The summed E-state index contributed by atoms with van der Waals surface area (Å²) >= 11 is 6.85. The summed E-state index contributed by atoms with van der Waals surface area (Å²) in [5, 5.41) is 1.22. The second-order valence-electron chi connectivity index (χ2n) is 2.33. The number of H-pyrrole nitrogens is 1. The molecule has 0 saturated heterocycles. The van der Waals surface area contributed by atoms with Crippen LogP contribution in [-0.2, 0) is 0 Å². The maximum atomic E-state index is 3.44. The van der Waals surface area contributed by atoms with Crippen LogP contribution in [-0.4, -0.2) is 4.98 Å². The van der Waals surface area contributed by atoms with Crippen LogP contribution in [0.3, 0.4) is 0 Å². The summed E-state index contributed by atoms with van der Waals surface area (Å²) in [5.41, 5.74) is 1.14. The molecule has 1 aromatic heterocycles. The van der Waals surface area contributed by atoms with Gasteiger partial charge in [-0.15, -0.1) is 0 Å². The minimum Gasteiger partial charge on any atom is -0.360 e. The molecule has 3 heteroatoms. The van der Waals surface area contributed by atoms with Crippen LogP contribution in [0.15, 0.2) is 33.3 Å². The van der Waals surface area contributed by atoms with Gasteiger partial charge in [0.15, 0.2) is 0 Å². The van der Waals surface area contributed by atoms with E-state index in [1.54, 1.807) is 0 Å². The number of hydrogen-bond acceptors (Lipinski definition) is 0. The van der Waals surface area contributed by atoms with E-state index in [0.29, 0.717) is 0 Å². The molecule has 0 spiro atoms. The molecule has 0 aliphatic heterocycles. The van der Waals surface area contributed by atoms with Gasteiger partial charge in [0.05, 0.1) is 0 Å². The third kappa shape index (κ3) is 1.23. The largest absolute Gasteiger partial charge is 0.360 e. The van der Waals surface area contributed by atoms with Crippen molar-refractivity contribution in [2.45, 2.75) is 0 Å². The molecule has 0 aliphatic rings. The molecule has 0 radical (unpaired) electrons. The highest BCUT2D eigenvalue weighted by atomic mass is 79.9. The quantitative estimate of drug-likeness (QED) is 0.754. The average molecular weight is 275 g/mol. The van der Waals surface area contributed by atoms with E-state index in [1.165, 1.54) is 5.39 Å². The lowest BCUT2D eigenvalue weighted by Gasteiger charge is -1.90. The second-order valence-corrected chi connectivity index (χ2v) is 4.10. The highest BCUT2D eigenvalue weighted by Crippen LogP contribution is 2.25. The first-order chi connectivity index (χ1) is 5.27. The first-order valence-electron chi connectivity index (χ1n) is 3.19. The van der Waals surface area contributed by atoms with E-state index in [0.717, 1.165) is 14.5 Å². The number of halogens is 2. The lowest BCUT2D eigenvalue weighted by Crippen LogP contribution is -1.66. The molecule has 1 N–H and O–H groups in total.